The highest BCUT2D eigenvalue weighted by atomic mass is 16.4. The van der Waals surface area contributed by atoms with Crippen molar-refractivity contribution in [3.8, 4) is 0 Å². The maximum atomic E-state index is 11.0. The molecule has 0 aromatic heterocycles. The number of amides is 1. The summed E-state index contributed by atoms with van der Waals surface area (Å²) in [5, 5.41) is 8.57. The van der Waals surface area contributed by atoms with Gasteiger partial charge in [0.2, 0.25) is 5.91 Å². The van der Waals surface area contributed by atoms with Gasteiger partial charge in [-0.1, -0.05) is 0 Å². The minimum atomic E-state index is -0.930. The van der Waals surface area contributed by atoms with E-state index in [1.165, 1.54) is 11.8 Å². The Balaban J connectivity index is 2.59. The van der Waals surface area contributed by atoms with E-state index in [0.717, 1.165) is 6.42 Å². The molecule has 1 heterocycles. The summed E-state index contributed by atoms with van der Waals surface area (Å²) in [6.07, 6.45) is 1.29. The third kappa shape index (κ3) is 1.50. The first kappa shape index (κ1) is 8.04. The van der Waals surface area contributed by atoms with Gasteiger partial charge in [-0.3, -0.25) is 4.79 Å². The van der Waals surface area contributed by atoms with E-state index < -0.39 is 12.0 Å². The van der Waals surface area contributed by atoms with Gasteiger partial charge in [-0.15, -0.1) is 0 Å². The molecule has 1 saturated heterocycles. The minimum Gasteiger partial charge on any atom is -0.480 e. The first-order chi connectivity index (χ1) is 5.13. The number of hydrogen-bond donors (Lipinski definition) is 1. The lowest BCUT2D eigenvalue weighted by Gasteiger charge is -2.19. The predicted molar refractivity (Wildman–Crippen MR) is 38.0 cm³/mol. The highest BCUT2D eigenvalue weighted by molar-refractivity contribution is 5.84. The van der Waals surface area contributed by atoms with Crippen molar-refractivity contribution in [1.82, 2.24) is 4.90 Å². The van der Waals surface area contributed by atoms with Gasteiger partial charge in [0.05, 0.1) is 0 Å². The second-order valence-electron chi connectivity index (χ2n) is 2.70. The molecule has 1 amide bonds. The fourth-order valence-corrected chi connectivity index (χ4v) is 1.21. The monoisotopic (exact) mass is 157 g/mol. The lowest BCUT2D eigenvalue weighted by Crippen LogP contribution is -2.39. The van der Waals surface area contributed by atoms with Gasteiger partial charge in [0, 0.05) is 13.0 Å². The molecule has 1 aliphatic heterocycles. The van der Waals surface area contributed by atoms with Crippen molar-refractivity contribution >= 4 is 11.9 Å². The number of hydrogen-bond acceptors (Lipinski definition) is 2. The van der Waals surface area contributed by atoms with Crippen molar-refractivity contribution in [3.05, 3.63) is 0 Å². The van der Waals surface area contributed by atoms with Crippen LogP contribution in [-0.4, -0.2) is 34.5 Å². The van der Waals surface area contributed by atoms with E-state index in [4.69, 9.17) is 5.11 Å². The van der Waals surface area contributed by atoms with E-state index in [1.54, 1.807) is 0 Å². The summed E-state index contributed by atoms with van der Waals surface area (Å²) in [4.78, 5) is 22.8. The van der Waals surface area contributed by atoms with Crippen LogP contribution in [0.4, 0.5) is 0 Å². The average molecular weight is 157 g/mol. The molecule has 0 aromatic rings. The first-order valence-corrected chi connectivity index (χ1v) is 3.65. The molecule has 1 aliphatic rings. The quantitative estimate of drug-likeness (QED) is 0.617. The number of likely N-dealkylation sites (tertiary alicyclic amines) is 1. The van der Waals surface area contributed by atoms with Crippen LogP contribution in [0, 0.1) is 0 Å². The number of rotatable bonds is 2. The number of nitrogens with zero attached hydrogens (tertiary/aromatic N) is 1. The van der Waals surface area contributed by atoms with Crippen LogP contribution in [0.3, 0.4) is 0 Å². The highest BCUT2D eigenvalue weighted by Crippen LogP contribution is 2.12. The van der Waals surface area contributed by atoms with Gasteiger partial charge < -0.3 is 10.0 Å². The minimum absolute atomic E-state index is 0.0418. The maximum Gasteiger partial charge on any atom is 0.326 e. The summed E-state index contributed by atoms with van der Waals surface area (Å²) in [6, 6.07) is -0.662. The first-order valence-electron chi connectivity index (χ1n) is 3.65. The van der Waals surface area contributed by atoms with Gasteiger partial charge in [-0.05, 0) is 13.3 Å². The van der Waals surface area contributed by atoms with Gasteiger partial charge in [-0.2, -0.15) is 0 Å². The van der Waals surface area contributed by atoms with Crippen LogP contribution in [0.1, 0.15) is 19.8 Å². The molecule has 1 rings (SSSR count). The number of aliphatic carboxylic acids is 1. The van der Waals surface area contributed by atoms with Crippen LogP contribution in [0.15, 0.2) is 0 Å². The van der Waals surface area contributed by atoms with Gasteiger partial charge in [0.1, 0.15) is 6.04 Å². The van der Waals surface area contributed by atoms with Gasteiger partial charge >= 0.3 is 5.97 Å². The Bertz CT molecular complexity index is 190. The van der Waals surface area contributed by atoms with Crippen molar-refractivity contribution < 1.29 is 14.7 Å². The molecule has 1 fully saturated rings. The predicted octanol–water partition coefficient (Wildman–Crippen LogP) is 0.0819. The molecule has 0 radical (unpaired) electrons. The summed E-state index contributed by atoms with van der Waals surface area (Å²) >= 11 is 0. The summed E-state index contributed by atoms with van der Waals surface area (Å²) in [5.74, 6) is -0.972. The summed E-state index contributed by atoms with van der Waals surface area (Å²) < 4.78 is 0. The fourth-order valence-electron chi connectivity index (χ4n) is 1.21. The standard InChI is InChI=1S/C7H11NO3/c1-5(7(10)11)8-4-2-3-6(8)9/h5H,2-4H2,1H3,(H,10,11)/t5-/m0/s1. The van der Waals surface area contributed by atoms with Gasteiger partial charge in [-0.25, -0.2) is 4.79 Å². The Morgan fingerprint density at radius 3 is 2.73 bits per heavy atom. The Morgan fingerprint density at radius 1 is 1.73 bits per heavy atom. The molecule has 4 nitrogen and oxygen atoms in total. The molecule has 4 heteroatoms. The molecule has 0 aliphatic carbocycles. The van der Waals surface area contributed by atoms with Crippen LogP contribution in [-0.2, 0) is 9.59 Å². The van der Waals surface area contributed by atoms with E-state index in [1.807, 2.05) is 0 Å². The summed E-state index contributed by atoms with van der Waals surface area (Å²) in [6.45, 7) is 2.12. The molecule has 0 saturated carbocycles. The second-order valence-corrected chi connectivity index (χ2v) is 2.70. The molecule has 62 valence electrons. The highest BCUT2D eigenvalue weighted by Gasteiger charge is 2.28. The molecule has 1 N–H and O–H groups in total. The van der Waals surface area contributed by atoms with E-state index in [2.05, 4.69) is 0 Å². The average Bonchev–Trinajstić information content (AvgIpc) is 2.33. The third-order valence-corrected chi connectivity index (χ3v) is 1.93. The molecule has 0 bridgehead atoms. The van der Waals surface area contributed by atoms with Crippen molar-refractivity contribution in [2.24, 2.45) is 0 Å². The Hall–Kier alpha value is -1.06. The molecule has 0 spiro atoms. The molecule has 11 heavy (non-hydrogen) atoms. The van der Waals surface area contributed by atoms with Crippen LogP contribution in [0.25, 0.3) is 0 Å². The van der Waals surface area contributed by atoms with Crippen LogP contribution in [0.5, 0.6) is 0 Å². The number of carboxylic acids is 1. The SMILES string of the molecule is C[C@@H](C(=O)O)N1CCCC1=O. The Labute approximate surface area is 64.8 Å². The smallest absolute Gasteiger partial charge is 0.326 e. The van der Waals surface area contributed by atoms with Crippen LogP contribution >= 0.6 is 0 Å². The maximum absolute atomic E-state index is 11.0. The zero-order valence-electron chi connectivity index (χ0n) is 6.41. The lowest BCUT2D eigenvalue weighted by atomic mass is 10.3. The molecular formula is C7H11NO3. The normalized spacial score (nSPS) is 20.5. The summed E-state index contributed by atoms with van der Waals surface area (Å²) in [5.41, 5.74) is 0. The van der Waals surface area contributed by atoms with E-state index in [-0.39, 0.29) is 5.91 Å². The van der Waals surface area contributed by atoms with Gasteiger partial charge in [0.15, 0.2) is 0 Å². The molecule has 1 atom stereocenters. The number of carboxylic acid groups (broad SMARTS) is 1. The zero-order chi connectivity index (χ0) is 8.43. The van der Waals surface area contributed by atoms with E-state index in [0.29, 0.717) is 13.0 Å². The topological polar surface area (TPSA) is 57.6 Å². The van der Waals surface area contributed by atoms with Crippen LogP contribution in [0.2, 0.25) is 0 Å². The number of carbonyl (C=O) groups is 2. The van der Waals surface area contributed by atoms with Crippen molar-refractivity contribution in [2.45, 2.75) is 25.8 Å². The van der Waals surface area contributed by atoms with E-state index in [9.17, 15) is 9.59 Å². The largest absolute Gasteiger partial charge is 0.480 e. The molecular weight excluding hydrogens is 146 g/mol. The summed E-state index contributed by atoms with van der Waals surface area (Å²) in [7, 11) is 0. The van der Waals surface area contributed by atoms with Gasteiger partial charge in [0.25, 0.3) is 0 Å². The Morgan fingerprint density at radius 2 is 2.36 bits per heavy atom. The second kappa shape index (κ2) is 2.90. The number of carbonyl (C=O) groups excluding carboxylic acids is 1. The molecule has 0 aromatic carbocycles. The van der Waals surface area contributed by atoms with Crippen molar-refractivity contribution in [2.75, 3.05) is 6.54 Å². The fraction of sp³-hybridized carbons (Fsp3) is 0.714. The third-order valence-electron chi connectivity index (χ3n) is 1.93. The lowest BCUT2D eigenvalue weighted by molar-refractivity contribution is -0.147. The van der Waals surface area contributed by atoms with E-state index >= 15 is 0 Å². The molecule has 0 unspecified atom stereocenters. The van der Waals surface area contributed by atoms with Crippen molar-refractivity contribution in [3.63, 3.8) is 0 Å². The zero-order valence-corrected chi connectivity index (χ0v) is 6.41. The van der Waals surface area contributed by atoms with Crippen molar-refractivity contribution in [1.29, 1.82) is 0 Å². The Kier molecular flexibility index (Phi) is 2.12. The van der Waals surface area contributed by atoms with Crippen LogP contribution < -0.4 is 0 Å².